The van der Waals surface area contributed by atoms with Crippen LogP contribution >= 0.6 is 0 Å². The molecule has 120 valence electrons. The molecule has 0 saturated heterocycles. The molecule has 1 rings (SSSR count). The molecule has 3 N–H and O–H groups in total. The van der Waals surface area contributed by atoms with Gasteiger partial charge in [-0.1, -0.05) is 54.4 Å². The van der Waals surface area contributed by atoms with Crippen molar-refractivity contribution in [2.24, 2.45) is 35.3 Å². The van der Waals surface area contributed by atoms with Gasteiger partial charge in [0, 0.05) is 12.1 Å². The Morgan fingerprint density at radius 3 is 2.10 bits per heavy atom. The van der Waals surface area contributed by atoms with Gasteiger partial charge >= 0.3 is 0 Å². The average Bonchev–Trinajstić information content (AvgIpc) is 2.38. The van der Waals surface area contributed by atoms with E-state index in [-0.39, 0.29) is 5.54 Å². The summed E-state index contributed by atoms with van der Waals surface area (Å²) in [5.74, 6) is 3.68. The molecule has 0 aliphatic heterocycles. The van der Waals surface area contributed by atoms with Crippen LogP contribution in [0.2, 0.25) is 0 Å². The topological polar surface area (TPSA) is 38.0 Å². The van der Waals surface area contributed by atoms with E-state index in [9.17, 15) is 0 Å². The molecule has 0 aromatic heterocycles. The quantitative estimate of drug-likeness (QED) is 0.739. The molecule has 1 fully saturated rings. The van der Waals surface area contributed by atoms with E-state index in [1.807, 2.05) is 0 Å². The summed E-state index contributed by atoms with van der Waals surface area (Å²) in [6, 6.07) is 0. The number of hydrogen-bond acceptors (Lipinski definition) is 2. The van der Waals surface area contributed by atoms with Crippen molar-refractivity contribution in [2.45, 2.75) is 72.8 Å². The molecular formula is C18H38N2. The summed E-state index contributed by atoms with van der Waals surface area (Å²) in [5, 5.41) is 3.95. The Morgan fingerprint density at radius 1 is 1.05 bits per heavy atom. The Kier molecular flexibility index (Phi) is 7.00. The number of nitrogens with two attached hydrogens (primary N) is 1. The lowest BCUT2D eigenvalue weighted by atomic mass is 9.67. The van der Waals surface area contributed by atoms with Gasteiger partial charge in [0.25, 0.3) is 0 Å². The predicted molar refractivity (Wildman–Crippen MR) is 89.8 cm³/mol. The highest BCUT2D eigenvalue weighted by atomic mass is 15.0. The molecule has 0 aromatic rings. The van der Waals surface area contributed by atoms with Crippen LogP contribution in [0, 0.1) is 29.6 Å². The van der Waals surface area contributed by atoms with Gasteiger partial charge in [0.05, 0.1) is 0 Å². The fourth-order valence-corrected chi connectivity index (χ4v) is 4.35. The monoisotopic (exact) mass is 282 g/mol. The van der Waals surface area contributed by atoms with Crippen molar-refractivity contribution in [1.82, 2.24) is 5.32 Å². The van der Waals surface area contributed by atoms with Crippen molar-refractivity contribution in [3.8, 4) is 0 Å². The summed E-state index contributed by atoms with van der Waals surface area (Å²) < 4.78 is 0. The highest BCUT2D eigenvalue weighted by Crippen LogP contribution is 2.38. The van der Waals surface area contributed by atoms with Gasteiger partial charge in [0.2, 0.25) is 0 Å². The van der Waals surface area contributed by atoms with Gasteiger partial charge in [-0.3, -0.25) is 0 Å². The lowest BCUT2D eigenvalue weighted by Gasteiger charge is -2.47. The first-order valence-corrected chi connectivity index (χ1v) is 8.79. The second-order valence-electron chi connectivity index (χ2n) is 7.99. The van der Waals surface area contributed by atoms with E-state index in [1.165, 1.54) is 25.7 Å². The van der Waals surface area contributed by atoms with Gasteiger partial charge in [-0.15, -0.1) is 0 Å². The molecule has 20 heavy (non-hydrogen) atoms. The Hall–Kier alpha value is -0.0800. The zero-order valence-corrected chi connectivity index (χ0v) is 14.7. The SMILES string of the molecule is CC(C)C(CNC1(CN)CCCCC1C(C)C)C(C)C. The molecule has 0 heterocycles. The normalized spacial score (nSPS) is 28.1. The smallest absolute Gasteiger partial charge is 0.0334 e. The highest BCUT2D eigenvalue weighted by Gasteiger charge is 2.41. The maximum absolute atomic E-state index is 6.24. The molecule has 0 aromatic carbocycles. The molecule has 0 amide bonds. The summed E-state index contributed by atoms with van der Waals surface area (Å²) in [6.45, 7) is 16.0. The van der Waals surface area contributed by atoms with E-state index in [0.29, 0.717) is 0 Å². The first-order valence-electron chi connectivity index (χ1n) is 8.79. The van der Waals surface area contributed by atoms with Crippen LogP contribution in [0.15, 0.2) is 0 Å². The van der Waals surface area contributed by atoms with E-state index < -0.39 is 0 Å². The van der Waals surface area contributed by atoms with Crippen LogP contribution in [0.25, 0.3) is 0 Å². The van der Waals surface area contributed by atoms with Gasteiger partial charge in [-0.2, -0.15) is 0 Å². The van der Waals surface area contributed by atoms with Crippen LogP contribution in [-0.2, 0) is 0 Å². The van der Waals surface area contributed by atoms with Crippen LogP contribution < -0.4 is 11.1 Å². The molecule has 2 atom stereocenters. The molecule has 2 heteroatoms. The first kappa shape index (κ1) is 18.0. The van der Waals surface area contributed by atoms with Crippen molar-refractivity contribution in [3.63, 3.8) is 0 Å². The highest BCUT2D eigenvalue weighted by molar-refractivity contribution is 4.99. The minimum atomic E-state index is 0.189. The Bertz CT molecular complexity index is 265. The van der Waals surface area contributed by atoms with E-state index in [2.05, 4.69) is 46.9 Å². The van der Waals surface area contributed by atoms with Gasteiger partial charge in [-0.25, -0.2) is 0 Å². The van der Waals surface area contributed by atoms with E-state index in [0.717, 1.165) is 42.7 Å². The van der Waals surface area contributed by atoms with Gasteiger partial charge in [0.1, 0.15) is 0 Å². The van der Waals surface area contributed by atoms with Crippen LogP contribution in [0.3, 0.4) is 0 Å². The molecule has 0 bridgehead atoms. The second-order valence-corrected chi connectivity index (χ2v) is 7.99. The summed E-state index contributed by atoms with van der Waals surface area (Å²) in [7, 11) is 0. The van der Waals surface area contributed by atoms with E-state index in [1.54, 1.807) is 0 Å². The fraction of sp³-hybridized carbons (Fsp3) is 1.00. The zero-order valence-electron chi connectivity index (χ0n) is 14.7. The standard InChI is InChI=1S/C18H38N2/c1-13(2)16(14(3)4)11-20-18(12-19)10-8-7-9-17(18)15(5)6/h13-17,20H,7-12,19H2,1-6H3. The van der Waals surface area contributed by atoms with Gasteiger partial charge in [0.15, 0.2) is 0 Å². The maximum atomic E-state index is 6.24. The van der Waals surface area contributed by atoms with Crippen molar-refractivity contribution in [2.75, 3.05) is 13.1 Å². The van der Waals surface area contributed by atoms with Crippen molar-refractivity contribution < 1.29 is 0 Å². The summed E-state index contributed by atoms with van der Waals surface area (Å²) in [4.78, 5) is 0. The zero-order chi connectivity index (χ0) is 15.3. The van der Waals surface area contributed by atoms with E-state index in [4.69, 9.17) is 5.73 Å². The molecule has 0 spiro atoms. The predicted octanol–water partition coefficient (Wildman–Crippen LogP) is 4.05. The molecule has 0 radical (unpaired) electrons. The van der Waals surface area contributed by atoms with Crippen molar-refractivity contribution in [3.05, 3.63) is 0 Å². The number of nitrogens with one attached hydrogen (secondary N) is 1. The molecule has 2 nitrogen and oxygen atoms in total. The van der Waals surface area contributed by atoms with Crippen molar-refractivity contribution in [1.29, 1.82) is 0 Å². The molecule has 1 aliphatic rings. The summed E-state index contributed by atoms with van der Waals surface area (Å²) in [6.07, 6.45) is 5.32. The largest absolute Gasteiger partial charge is 0.329 e. The third-order valence-corrected chi connectivity index (χ3v) is 5.67. The van der Waals surface area contributed by atoms with E-state index >= 15 is 0 Å². The van der Waals surface area contributed by atoms with Crippen LogP contribution in [-0.4, -0.2) is 18.6 Å². The van der Waals surface area contributed by atoms with Crippen LogP contribution in [0.1, 0.15) is 67.2 Å². The maximum Gasteiger partial charge on any atom is 0.0334 e. The summed E-state index contributed by atoms with van der Waals surface area (Å²) in [5.41, 5.74) is 6.43. The second kappa shape index (κ2) is 7.79. The summed E-state index contributed by atoms with van der Waals surface area (Å²) >= 11 is 0. The Morgan fingerprint density at radius 2 is 1.65 bits per heavy atom. The van der Waals surface area contributed by atoms with Crippen LogP contribution in [0.4, 0.5) is 0 Å². The molecular weight excluding hydrogens is 244 g/mol. The van der Waals surface area contributed by atoms with Crippen LogP contribution in [0.5, 0.6) is 0 Å². The van der Waals surface area contributed by atoms with Crippen molar-refractivity contribution >= 4 is 0 Å². The Labute approximate surface area is 127 Å². The number of rotatable bonds is 7. The average molecular weight is 283 g/mol. The minimum absolute atomic E-state index is 0.189. The lowest BCUT2D eigenvalue weighted by Crippen LogP contribution is -2.60. The first-order chi connectivity index (χ1) is 9.34. The number of hydrogen-bond donors (Lipinski definition) is 2. The van der Waals surface area contributed by atoms with Gasteiger partial charge < -0.3 is 11.1 Å². The third kappa shape index (κ3) is 4.21. The fourth-order valence-electron chi connectivity index (χ4n) is 4.35. The molecule has 1 aliphatic carbocycles. The Balaban J connectivity index is 2.77. The van der Waals surface area contributed by atoms with Gasteiger partial charge in [-0.05, 0) is 49.0 Å². The molecule has 2 unspecified atom stereocenters. The molecule has 1 saturated carbocycles. The third-order valence-electron chi connectivity index (χ3n) is 5.67. The lowest BCUT2D eigenvalue weighted by molar-refractivity contribution is 0.0954. The minimum Gasteiger partial charge on any atom is -0.329 e.